The molecule has 0 saturated carbocycles. The quantitative estimate of drug-likeness (QED) is 0.765. The molecule has 1 aliphatic rings. The summed E-state index contributed by atoms with van der Waals surface area (Å²) in [6.45, 7) is 5.17. The van der Waals surface area contributed by atoms with Crippen molar-refractivity contribution in [3.63, 3.8) is 0 Å². The molecule has 0 radical (unpaired) electrons. The zero-order chi connectivity index (χ0) is 12.5. The smallest absolute Gasteiger partial charge is 0.236 e. The fraction of sp³-hybridized carbons (Fsp3) is 0.923. The number of carbonyl (C=O) groups excluding carboxylic acids is 1. The highest BCUT2D eigenvalue weighted by atomic mass is 16.5. The summed E-state index contributed by atoms with van der Waals surface area (Å²) in [5.41, 5.74) is 0. The molecular formula is C13H26N2O2. The van der Waals surface area contributed by atoms with Gasteiger partial charge in [-0.05, 0) is 26.2 Å². The fourth-order valence-electron chi connectivity index (χ4n) is 2.09. The van der Waals surface area contributed by atoms with E-state index in [0.717, 1.165) is 39.0 Å². The van der Waals surface area contributed by atoms with Crippen molar-refractivity contribution in [1.29, 1.82) is 0 Å². The molecule has 17 heavy (non-hydrogen) atoms. The highest BCUT2D eigenvalue weighted by molar-refractivity contribution is 5.78. The Morgan fingerprint density at radius 3 is 2.53 bits per heavy atom. The van der Waals surface area contributed by atoms with E-state index in [0.29, 0.717) is 12.6 Å². The highest BCUT2D eigenvalue weighted by Gasteiger charge is 2.15. The van der Waals surface area contributed by atoms with Gasteiger partial charge in [-0.1, -0.05) is 12.8 Å². The van der Waals surface area contributed by atoms with E-state index >= 15 is 0 Å². The van der Waals surface area contributed by atoms with Gasteiger partial charge in [0.2, 0.25) is 5.91 Å². The van der Waals surface area contributed by atoms with E-state index in [9.17, 15) is 4.79 Å². The minimum atomic E-state index is 0.246. The minimum absolute atomic E-state index is 0.246. The summed E-state index contributed by atoms with van der Waals surface area (Å²) >= 11 is 0. The van der Waals surface area contributed by atoms with Gasteiger partial charge in [0.1, 0.15) is 0 Å². The van der Waals surface area contributed by atoms with Crippen LogP contribution in [0.1, 0.15) is 39.0 Å². The second-order valence-corrected chi connectivity index (χ2v) is 4.86. The first-order chi connectivity index (χ1) is 8.24. The molecule has 0 aromatic heterocycles. The van der Waals surface area contributed by atoms with Gasteiger partial charge in [-0.25, -0.2) is 0 Å². The molecule has 1 aliphatic heterocycles. The second kappa shape index (κ2) is 8.48. The van der Waals surface area contributed by atoms with Crippen LogP contribution in [0, 0.1) is 0 Å². The summed E-state index contributed by atoms with van der Waals surface area (Å²) < 4.78 is 5.02. The summed E-state index contributed by atoms with van der Waals surface area (Å²) in [6.07, 6.45) is 5.79. The topological polar surface area (TPSA) is 41.6 Å². The van der Waals surface area contributed by atoms with Gasteiger partial charge in [0.25, 0.3) is 0 Å². The third-order valence-corrected chi connectivity index (χ3v) is 3.32. The lowest BCUT2D eigenvalue weighted by atomic mass is 10.2. The van der Waals surface area contributed by atoms with E-state index in [2.05, 4.69) is 12.2 Å². The summed E-state index contributed by atoms with van der Waals surface area (Å²) in [6, 6.07) is 0.339. The monoisotopic (exact) mass is 242 g/mol. The van der Waals surface area contributed by atoms with E-state index in [1.54, 1.807) is 7.11 Å². The molecule has 0 aromatic rings. The molecule has 1 amide bonds. The SMILES string of the molecule is COCCC(C)NCC(=O)N1CCCCCC1. The third kappa shape index (κ3) is 6.03. The Bertz CT molecular complexity index is 213. The first-order valence-electron chi connectivity index (χ1n) is 6.74. The average Bonchev–Trinajstić information content (AvgIpc) is 2.62. The molecular weight excluding hydrogens is 216 g/mol. The van der Waals surface area contributed by atoms with Crippen molar-refractivity contribution in [1.82, 2.24) is 10.2 Å². The van der Waals surface area contributed by atoms with Crippen molar-refractivity contribution in [2.75, 3.05) is 33.4 Å². The number of likely N-dealkylation sites (tertiary alicyclic amines) is 1. The van der Waals surface area contributed by atoms with Crippen molar-refractivity contribution in [2.24, 2.45) is 0 Å². The van der Waals surface area contributed by atoms with Crippen LogP contribution < -0.4 is 5.32 Å². The van der Waals surface area contributed by atoms with Gasteiger partial charge in [-0.2, -0.15) is 0 Å². The maximum Gasteiger partial charge on any atom is 0.236 e. The molecule has 1 unspecified atom stereocenters. The Balaban J connectivity index is 2.18. The van der Waals surface area contributed by atoms with Crippen molar-refractivity contribution in [2.45, 2.75) is 45.1 Å². The first-order valence-corrected chi connectivity index (χ1v) is 6.74. The molecule has 0 spiro atoms. The summed E-state index contributed by atoms with van der Waals surface area (Å²) in [4.78, 5) is 14.0. The van der Waals surface area contributed by atoms with Crippen molar-refractivity contribution in [3.05, 3.63) is 0 Å². The molecule has 4 heteroatoms. The molecule has 1 saturated heterocycles. The number of ether oxygens (including phenoxy) is 1. The maximum atomic E-state index is 12.0. The number of nitrogens with zero attached hydrogens (tertiary/aromatic N) is 1. The summed E-state index contributed by atoms with van der Waals surface area (Å²) in [7, 11) is 1.70. The van der Waals surface area contributed by atoms with Crippen LogP contribution >= 0.6 is 0 Å². The lowest BCUT2D eigenvalue weighted by Gasteiger charge is -2.22. The van der Waals surface area contributed by atoms with Gasteiger partial charge in [0.15, 0.2) is 0 Å². The van der Waals surface area contributed by atoms with Crippen molar-refractivity contribution >= 4 is 5.91 Å². The molecule has 1 heterocycles. The van der Waals surface area contributed by atoms with Gasteiger partial charge in [0.05, 0.1) is 6.54 Å². The molecule has 4 nitrogen and oxygen atoms in total. The largest absolute Gasteiger partial charge is 0.385 e. The number of rotatable bonds is 6. The third-order valence-electron chi connectivity index (χ3n) is 3.32. The van der Waals surface area contributed by atoms with E-state index < -0.39 is 0 Å². The van der Waals surface area contributed by atoms with Gasteiger partial charge in [-0.15, -0.1) is 0 Å². The van der Waals surface area contributed by atoms with Crippen LogP contribution in [0.4, 0.5) is 0 Å². The average molecular weight is 242 g/mol. The normalized spacial score (nSPS) is 18.8. The number of hydrogen-bond acceptors (Lipinski definition) is 3. The highest BCUT2D eigenvalue weighted by Crippen LogP contribution is 2.09. The van der Waals surface area contributed by atoms with E-state index in [4.69, 9.17) is 4.74 Å². The Morgan fingerprint density at radius 1 is 1.29 bits per heavy atom. The molecule has 0 aromatic carbocycles. The van der Waals surface area contributed by atoms with Crippen LogP contribution in [0.25, 0.3) is 0 Å². The van der Waals surface area contributed by atoms with Crippen LogP contribution in [-0.2, 0) is 9.53 Å². The van der Waals surface area contributed by atoms with Crippen LogP contribution in [0.2, 0.25) is 0 Å². The van der Waals surface area contributed by atoms with E-state index in [1.165, 1.54) is 12.8 Å². The Kier molecular flexibility index (Phi) is 7.21. The minimum Gasteiger partial charge on any atom is -0.385 e. The zero-order valence-electron chi connectivity index (χ0n) is 11.2. The van der Waals surface area contributed by atoms with Gasteiger partial charge >= 0.3 is 0 Å². The first kappa shape index (κ1) is 14.5. The Morgan fingerprint density at radius 2 is 1.94 bits per heavy atom. The molecule has 1 fully saturated rings. The molecule has 100 valence electrons. The van der Waals surface area contributed by atoms with Gasteiger partial charge < -0.3 is 15.0 Å². The van der Waals surface area contributed by atoms with Crippen LogP contribution in [0.5, 0.6) is 0 Å². The Labute approximate surface area is 105 Å². The number of amides is 1. The molecule has 0 aliphatic carbocycles. The summed E-state index contributed by atoms with van der Waals surface area (Å²) in [5, 5.41) is 3.26. The van der Waals surface area contributed by atoms with Gasteiger partial charge in [0, 0.05) is 32.8 Å². The van der Waals surface area contributed by atoms with Crippen molar-refractivity contribution in [3.8, 4) is 0 Å². The van der Waals surface area contributed by atoms with Crippen LogP contribution in [0.15, 0.2) is 0 Å². The maximum absolute atomic E-state index is 12.0. The molecule has 0 bridgehead atoms. The zero-order valence-corrected chi connectivity index (χ0v) is 11.2. The number of nitrogens with one attached hydrogen (secondary N) is 1. The number of carbonyl (C=O) groups is 1. The summed E-state index contributed by atoms with van der Waals surface area (Å²) in [5.74, 6) is 0.246. The van der Waals surface area contributed by atoms with Crippen LogP contribution in [-0.4, -0.2) is 50.2 Å². The van der Waals surface area contributed by atoms with Crippen molar-refractivity contribution < 1.29 is 9.53 Å². The predicted octanol–water partition coefficient (Wildman–Crippen LogP) is 1.40. The Hall–Kier alpha value is -0.610. The second-order valence-electron chi connectivity index (χ2n) is 4.86. The number of hydrogen-bond donors (Lipinski definition) is 1. The fourth-order valence-corrected chi connectivity index (χ4v) is 2.09. The van der Waals surface area contributed by atoms with E-state index in [1.807, 2.05) is 4.90 Å². The standard InChI is InChI=1S/C13H26N2O2/c1-12(7-10-17-2)14-11-13(16)15-8-5-3-4-6-9-15/h12,14H,3-11H2,1-2H3. The lowest BCUT2D eigenvalue weighted by Crippen LogP contribution is -2.41. The lowest BCUT2D eigenvalue weighted by molar-refractivity contribution is -0.130. The molecule has 1 N–H and O–H groups in total. The number of methoxy groups -OCH3 is 1. The van der Waals surface area contributed by atoms with Crippen LogP contribution in [0.3, 0.4) is 0 Å². The predicted molar refractivity (Wildman–Crippen MR) is 69.0 cm³/mol. The van der Waals surface area contributed by atoms with E-state index in [-0.39, 0.29) is 5.91 Å². The van der Waals surface area contributed by atoms with Gasteiger partial charge in [-0.3, -0.25) is 4.79 Å². The molecule has 1 rings (SSSR count). The molecule has 1 atom stereocenters.